The van der Waals surface area contributed by atoms with Gasteiger partial charge in [0.25, 0.3) is 0 Å². The maximum atomic E-state index is 12.1. The number of hydrogen-bond donors (Lipinski definition) is 2. The van der Waals surface area contributed by atoms with Gasteiger partial charge in [0, 0.05) is 26.6 Å². The van der Waals surface area contributed by atoms with Gasteiger partial charge in [-0.1, -0.05) is 29.8 Å². The molecule has 0 bridgehead atoms. The first-order valence-electron chi connectivity index (χ1n) is 7.82. The molecule has 1 aliphatic heterocycles. The van der Waals surface area contributed by atoms with Crippen LogP contribution in [-0.2, 0) is 9.59 Å². The van der Waals surface area contributed by atoms with E-state index in [0.717, 1.165) is 37.1 Å². The fraction of sp³-hybridized carbons (Fsp3) is 0.529. The van der Waals surface area contributed by atoms with Crippen LogP contribution in [-0.4, -0.2) is 36.3 Å². The maximum absolute atomic E-state index is 12.1. The van der Waals surface area contributed by atoms with Crippen LogP contribution >= 0.6 is 12.4 Å². The number of carbonyl (C=O) groups excluding carboxylic acids is 2. The smallest absolute Gasteiger partial charge is 0.241 e. The lowest BCUT2D eigenvalue weighted by Crippen LogP contribution is -2.42. The highest BCUT2D eigenvalue weighted by Gasteiger charge is 2.22. The second-order valence-electron chi connectivity index (χ2n) is 6.08. The van der Waals surface area contributed by atoms with Gasteiger partial charge in [0.1, 0.15) is 6.04 Å². The topological polar surface area (TPSA) is 75.4 Å². The van der Waals surface area contributed by atoms with E-state index in [2.05, 4.69) is 5.32 Å². The Kier molecular flexibility index (Phi) is 7.52. The van der Waals surface area contributed by atoms with Crippen molar-refractivity contribution in [2.45, 2.75) is 32.7 Å². The zero-order valence-electron chi connectivity index (χ0n) is 13.7. The third-order valence-corrected chi connectivity index (χ3v) is 4.34. The molecular formula is C17H26ClN3O2. The number of piperidine rings is 1. The molecule has 1 saturated heterocycles. The Labute approximate surface area is 144 Å². The molecule has 0 saturated carbocycles. The third-order valence-electron chi connectivity index (χ3n) is 4.34. The lowest BCUT2D eigenvalue weighted by molar-refractivity contribution is -0.130. The van der Waals surface area contributed by atoms with Crippen molar-refractivity contribution in [1.29, 1.82) is 0 Å². The lowest BCUT2D eigenvalue weighted by atomic mass is 9.96. The Bertz CT molecular complexity index is 525. The van der Waals surface area contributed by atoms with Crippen LogP contribution in [0.4, 0.5) is 0 Å². The molecule has 5 nitrogen and oxygen atoms in total. The molecule has 6 heteroatoms. The number of amides is 2. The minimum absolute atomic E-state index is 0. The molecule has 1 heterocycles. The standard InChI is InChI=1S/C17H25N3O2.ClH/c1-12-3-5-15(6-4-12)16(18)17(22)19-11-14-7-9-20(10-8-14)13(2)21;/h3-6,14,16H,7-11,18H2,1-2H3,(H,19,22);1H. The molecule has 1 unspecified atom stereocenters. The first-order chi connectivity index (χ1) is 10.5. The number of rotatable bonds is 4. The first-order valence-corrected chi connectivity index (χ1v) is 7.82. The number of halogens is 1. The highest BCUT2D eigenvalue weighted by molar-refractivity contribution is 5.85. The number of benzene rings is 1. The summed E-state index contributed by atoms with van der Waals surface area (Å²) in [4.78, 5) is 25.3. The second-order valence-corrected chi connectivity index (χ2v) is 6.08. The minimum atomic E-state index is -0.627. The predicted octanol–water partition coefficient (Wildman–Crippen LogP) is 1.79. The molecule has 0 aliphatic carbocycles. The molecule has 1 aliphatic rings. The van der Waals surface area contributed by atoms with Crippen molar-refractivity contribution >= 4 is 24.2 Å². The molecule has 2 rings (SSSR count). The number of nitrogens with one attached hydrogen (secondary N) is 1. The van der Waals surface area contributed by atoms with Crippen LogP contribution in [0, 0.1) is 12.8 Å². The first kappa shape index (κ1) is 19.5. The lowest BCUT2D eigenvalue weighted by Gasteiger charge is -2.31. The molecular weight excluding hydrogens is 314 g/mol. The summed E-state index contributed by atoms with van der Waals surface area (Å²) in [5.74, 6) is 0.409. The van der Waals surface area contributed by atoms with Crippen LogP contribution in [0.3, 0.4) is 0 Å². The van der Waals surface area contributed by atoms with Gasteiger partial charge >= 0.3 is 0 Å². The van der Waals surface area contributed by atoms with Crippen molar-refractivity contribution in [1.82, 2.24) is 10.2 Å². The zero-order valence-corrected chi connectivity index (χ0v) is 14.6. The molecule has 1 atom stereocenters. The van der Waals surface area contributed by atoms with E-state index in [1.807, 2.05) is 36.1 Å². The van der Waals surface area contributed by atoms with Gasteiger partial charge in [0.05, 0.1) is 0 Å². The summed E-state index contributed by atoms with van der Waals surface area (Å²) in [6, 6.07) is 7.08. The Morgan fingerprint density at radius 1 is 1.26 bits per heavy atom. The van der Waals surface area contributed by atoms with E-state index in [1.165, 1.54) is 0 Å². The average molecular weight is 340 g/mol. The van der Waals surface area contributed by atoms with Crippen molar-refractivity contribution in [2.24, 2.45) is 11.7 Å². The fourth-order valence-electron chi connectivity index (χ4n) is 2.73. The van der Waals surface area contributed by atoms with E-state index < -0.39 is 6.04 Å². The van der Waals surface area contributed by atoms with Crippen molar-refractivity contribution in [3.63, 3.8) is 0 Å². The monoisotopic (exact) mass is 339 g/mol. The van der Waals surface area contributed by atoms with Gasteiger partial charge in [-0.25, -0.2) is 0 Å². The van der Waals surface area contributed by atoms with E-state index >= 15 is 0 Å². The molecule has 1 fully saturated rings. The van der Waals surface area contributed by atoms with Gasteiger partial charge < -0.3 is 16.0 Å². The van der Waals surface area contributed by atoms with Crippen molar-refractivity contribution < 1.29 is 9.59 Å². The van der Waals surface area contributed by atoms with E-state index in [0.29, 0.717) is 12.5 Å². The molecule has 0 radical (unpaired) electrons. The Hall–Kier alpha value is -1.59. The molecule has 3 N–H and O–H groups in total. The quantitative estimate of drug-likeness (QED) is 0.878. The molecule has 0 spiro atoms. The van der Waals surface area contributed by atoms with Gasteiger partial charge in [0.15, 0.2) is 0 Å². The van der Waals surface area contributed by atoms with E-state index in [9.17, 15) is 9.59 Å². The normalized spacial score (nSPS) is 16.4. The number of likely N-dealkylation sites (tertiary alicyclic amines) is 1. The average Bonchev–Trinajstić information content (AvgIpc) is 2.53. The highest BCUT2D eigenvalue weighted by atomic mass is 35.5. The van der Waals surface area contributed by atoms with E-state index in [-0.39, 0.29) is 24.2 Å². The van der Waals surface area contributed by atoms with Gasteiger partial charge in [0.2, 0.25) is 11.8 Å². The fourth-order valence-corrected chi connectivity index (χ4v) is 2.73. The second kappa shape index (κ2) is 8.89. The molecule has 128 valence electrons. The summed E-state index contributed by atoms with van der Waals surface area (Å²) in [6.45, 7) is 5.79. The van der Waals surface area contributed by atoms with Crippen molar-refractivity contribution in [2.75, 3.05) is 19.6 Å². The summed E-state index contributed by atoms with van der Waals surface area (Å²) in [5, 5.41) is 2.94. The van der Waals surface area contributed by atoms with Crippen LogP contribution in [0.15, 0.2) is 24.3 Å². The Balaban J connectivity index is 0.00000264. The summed E-state index contributed by atoms with van der Waals surface area (Å²) >= 11 is 0. The van der Waals surface area contributed by atoms with Crippen LogP contribution < -0.4 is 11.1 Å². The van der Waals surface area contributed by atoms with Gasteiger partial charge in [-0.15, -0.1) is 12.4 Å². The van der Waals surface area contributed by atoms with Gasteiger partial charge in [-0.3, -0.25) is 9.59 Å². The highest BCUT2D eigenvalue weighted by Crippen LogP contribution is 2.17. The summed E-state index contributed by atoms with van der Waals surface area (Å²) < 4.78 is 0. The summed E-state index contributed by atoms with van der Waals surface area (Å²) in [7, 11) is 0. The number of hydrogen-bond acceptors (Lipinski definition) is 3. The largest absolute Gasteiger partial charge is 0.354 e. The van der Waals surface area contributed by atoms with Crippen LogP contribution in [0.5, 0.6) is 0 Å². The van der Waals surface area contributed by atoms with E-state index in [4.69, 9.17) is 5.73 Å². The predicted molar refractivity (Wildman–Crippen MR) is 93.3 cm³/mol. The zero-order chi connectivity index (χ0) is 16.1. The van der Waals surface area contributed by atoms with Gasteiger partial charge in [-0.2, -0.15) is 0 Å². The number of nitrogens with zero attached hydrogens (tertiary/aromatic N) is 1. The SMILES string of the molecule is CC(=O)N1CCC(CNC(=O)C(N)c2ccc(C)cc2)CC1.Cl. The summed E-state index contributed by atoms with van der Waals surface area (Å²) in [5.41, 5.74) is 7.98. The van der Waals surface area contributed by atoms with Crippen LogP contribution in [0.25, 0.3) is 0 Å². The molecule has 23 heavy (non-hydrogen) atoms. The Morgan fingerprint density at radius 3 is 2.35 bits per heavy atom. The molecule has 1 aromatic rings. The van der Waals surface area contributed by atoms with Gasteiger partial charge in [-0.05, 0) is 31.2 Å². The number of nitrogens with two attached hydrogens (primary N) is 1. The maximum Gasteiger partial charge on any atom is 0.241 e. The Morgan fingerprint density at radius 2 is 1.83 bits per heavy atom. The van der Waals surface area contributed by atoms with Crippen molar-refractivity contribution in [3.8, 4) is 0 Å². The number of aryl methyl sites for hydroxylation is 1. The third kappa shape index (κ3) is 5.52. The molecule has 0 aromatic heterocycles. The van der Waals surface area contributed by atoms with Crippen molar-refractivity contribution in [3.05, 3.63) is 35.4 Å². The van der Waals surface area contributed by atoms with Crippen LogP contribution in [0.2, 0.25) is 0 Å². The molecule has 1 aromatic carbocycles. The van der Waals surface area contributed by atoms with E-state index in [1.54, 1.807) is 6.92 Å². The summed E-state index contributed by atoms with van der Waals surface area (Å²) in [6.07, 6.45) is 1.86. The minimum Gasteiger partial charge on any atom is -0.354 e. The molecule has 2 amide bonds. The van der Waals surface area contributed by atoms with Crippen LogP contribution in [0.1, 0.15) is 36.9 Å². The number of carbonyl (C=O) groups is 2.